The highest BCUT2D eigenvalue weighted by atomic mass is 79.9. The van der Waals surface area contributed by atoms with Crippen molar-refractivity contribution in [3.05, 3.63) is 97.2 Å². The molecule has 11 nitrogen and oxygen atoms in total. The van der Waals surface area contributed by atoms with Crippen molar-refractivity contribution in [1.29, 1.82) is 0 Å². The predicted octanol–water partition coefficient (Wildman–Crippen LogP) is 3.85. The molecule has 0 N–H and O–H groups in total. The Morgan fingerprint density at radius 2 is 1.85 bits per heavy atom. The van der Waals surface area contributed by atoms with Crippen LogP contribution in [0.25, 0.3) is 22.3 Å². The number of nitro groups is 1. The third-order valence-electron chi connectivity index (χ3n) is 6.05. The van der Waals surface area contributed by atoms with E-state index in [9.17, 15) is 19.7 Å². The minimum absolute atomic E-state index is 0.0757. The Balaban J connectivity index is 1.49. The van der Waals surface area contributed by atoms with Crippen LogP contribution in [0.15, 0.2) is 81.1 Å². The van der Waals surface area contributed by atoms with Gasteiger partial charge in [0.05, 0.1) is 39.7 Å². The summed E-state index contributed by atoms with van der Waals surface area (Å²) in [5.41, 5.74) is 0.802. The average Bonchev–Trinajstić information content (AvgIpc) is 2.96. The first-order valence-electron chi connectivity index (χ1n) is 12.0. The summed E-state index contributed by atoms with van der Waals surface area (Å²) in [5.74, 6) is -0.0410. The number of fused-ring (bicyclic) bond motifs is 1. The molecule has 2 heterocycles. The summed E-state index contributed by atoms with van der Waals surface area (Å²) >= 11 is 3.32. The molecule has 12 heteroatoms. The van der Waals surface area contributed by atoms with Gasteiger partial charge in [0.2, 0.25) is 5.75 Å². The second-order valence-electron chi connectivity index (χ2n) is 8.57. The van der Waals surface area contributed by atoms with Crippen LogP contribution in [0.5, 0.6) is 5.75 Å². The zero-order valence-corrected chi connectivity index (χ0v) is 22.1. The van der Waals surface area contributed by atoms with Crippen molar-refractivity contribution in [2.75, 3.05) is 32.9 Å². The number of nitro benzene ring substituents is 1. The van der Waals surface area contributed by atoms with Gasteiger partial charge in [0.1, 0.15) is 0 Å². The second-order valence-corrected chi connectivity index (χ2v) is 9.42. The van der Waals surface area contributed by atoms with Gasteiger partial charge >= 0.3 is 5.69 Å². The maximum atomic E-state index is 13.3. The summed E-state index contributed by atoms with van der Waals surface area (Å²) in [4.78, 5) is 43.3. The van der Waals surface area contributed by atoms with Gasteiger partial charge in [-0.25, -0.2) is 4.98 Å². The summed E-state index contributed by atoms with van der Waals surface area (Å²) in [7, 11) is 0. The number of para-hydroxylation sites is 1. The lowest BCUT2D eigenvalue weighted by Crippen LogP contribution is -2.43. The lowest BCUT2D eigenvalue weighted by atomic mass is 10.2. The van der Waals surface area contributed by atoms with Crippen LogP contribution in [0.3, 0.4) is 0 Å². The number of carbonyl (C=O) groups excluding carboxylic acids is 1. The number of amides is 1. The fourth-order valence-corrected chi connectivity index (χ4v) is 4.70. The summed E-state index contributed by atoms with van der Waals surface area (Å²) in [6, 6.07) is 18.9. The summed E-state index contributed by atoms with van der Waals surface area (Å²) < 4.78 is 12.3. The van der Waals surface area contributed by atoms with Gasteiger partial charge in [-0.15, -0.1) is 0 Å². The molecule has 1 aromatic heterocycles. The van der Waals surface area contributed by atoms with E-state index in [0.29, 0.717) is 54.2 Å². The molecule has 4 aromatic rings. The van der Waals surface area contributed by atoms with E-state index in [2.05, 4.69) is 26.0 Å². The Labute approximate surface area is 230 Å². The molecule has 3 aromatic carbocycles. The number of carbonyl (C=O) groups is 1. The van der Waals surface area contributed by atoms with Crippen LogP contribution in [0, 0.1) is 10.1 Å². The maximum Gasteiger partial charge on any atom is 0.312 e. The molecule has 0 radical (unpaired) electrons. The SMILES string of the molecule is O=C(COc1c(Br)cc(C=Nn2c(-c3ccccc3)nc3ccccc3c2=O)cc1[N+](=O)[O-])N1CCOCC1. The lowest BCUT2D eigenvalue weighted by Gasteiger charge is -2.26. The Kier molecular flexibility index (Phi) is 7.75. The van der Waals surface area contributed by atoms with Crippen LogP contribution in [-0.2, 0) is 9.53 Å². The highest BCUT2D eigenvalue weighted by Gasteiger charge is 2.23. The van der Waals surface area contributed by atoms with Crippen molar-refractivity contribution < 1.29 is 19.2 Å². The molecule has 1 aliphatic heterocycles. The van der Waals surface area contributed by atoms with Crippen LogP contribution >= 0.6 is 15.9 Å². The fraction of sp³-hybridized carbons (Fsp3) is 0.185. The molecule has 0 spiro atoms. The van der Waals surface area contributed by atoms with Crippen molar-refractivity contribution >= 4 is 44.6 Å². The Hall–Kier alpha value is -4.42. The molecule has 1 aliphatic rings. The van der Waals surface area contributed by atoms with E-state index in [1.807, 2.05) is 30.3 Å². The number of benzene rings is 3. The highest BCUT2D eigenvalue weighted by molar-refractivity contribution is 9.10. The summed E-state index contributed by atoms with van der Waals surface area (Å²) in [5, 5.41) is 16.6. The summed E-state index contributed by atoms with van der Waals surface area (Å²) in [6.07, 6.45) is 1.34. The first kappa shape index (κ1) is 26.2. The van der Waals surface area contributed by atoms with E-state index in [0.717, 1.165) is 0 Å². The van der Waals surface area contributed by atoms with Crippen molar-refractivity contribution in [3.8, 4) is 17.1 Å². The quantitative estimate of drug-likeness (QED) is 0.181. The van der Waals surface area contributed by atoms with Gasteiger partial charge in [0.25, 0.3) is 11.5 Å². The van der Waals surface area contributed by atoms with E-state index in [1.54, 1.807) is 35.2 Å². The molecule has 1 saturated heterocycles. The van der Waals surface area contributed by atoms with Crippen LogP contribution < -0.4 is 10.3 Å². The number of halogens is 1. The Morgan fingerprint density at radius 3 is 2.59 bits per heavy atom. The second kappa shape index (κ2) is 11.5. The van der Waals surface area contributed by atoms with E-state index >= 15 is 0 Å². The smallest absolute Gasteiger partial charge is 0.312 e. The van der Waals surface area contributed by atoms with Gasteiger partial charge < -0.3 is 14.4 Å². The molecule has 1 fully saturated rings. The topological polar surface area (TPSA) is 129 Å². The number of morpholine rings is 1. The molecular formula is C27H22BrN5O6. The van der Waals surface area contributed by atoms with Gasteiger partial charge in [-0.2, -0.15) is 9.78 Å². The predicted molar refractivity (Wildman–Crippen MR) is 148 cm³/mol. The van der Waals surface area contributed by atoms with Gasteiger partial charge in [-0.05, 0) is 34.1 Å². The summed E-state index contributed by atoms with van der Waals surface area (Å²) in [6.45, 7) is 1.39. The average molecular weight is 592 g/mol. The van der Waals surface area contributed by atoms with E-state index in [-0.39, 0.29) is 34.0 Å². The first-order chi connectivity index (χ1) is 18.9. The minimum Gasteiger partial charge on any atom is -0.476 e. The molecule has 1 amide bonds. The molecule has 198 valence electrons. The number of aromatic nitrogens is 2. The number of ether oxygens (including phenoxy) is 2. The van der Waals surface area contributed by atoms with Gasteiger partial charge in [-0.1, -0.05) is 42.5 Å². The molecule has 0 atom stereocenters. The fourth-order valence-electron chi connectivity index (χ4n) is 4.12. The number of hydrogen-bond donors (Lipinski definition) is 0. The van der Waals surface area contributed by atoms with E-state index < -0.39 is 4.92 Å². The standard InChI is InChI=1S/C27H22BrN5O6/c28-21-14-18(15-23(33(36)37)25(21)39-17-24(34)31-10-12-38-13-11-31)16-29-32-26(19-6-2-1-3-7-19)30-22-9-5-4-8-20(22)27(32)35/h1-9,14-16H,10-13,17H2. The van der Waals surface area contributed by atoms with Crippen molar-refractivity contribution in [2.45, 2.75) is 0 Å². The van der Waals surface area contributed by atoms with Crippen LogP contribution in [0.4, 0.5) is 5.69 Å². The molecule has 0 unspecified atom stereocenters. The molecule has 0 bridgehead atoms. The molecule has 5 rings (SSSR count). The third kappa shape index (κ3) is 5.71. The third-order valence-corrected chi connectivity index (χ3v) is 6.64. The van der Waals surface area contributed by atoms with Gasteiger partial charge in [0, 0.05) is 30.3 Å². The molecule has 0 aliphatic carbocycles. The van der Waals surface area contributed by atoms with Gasteiger partial charge in [-0.3, -0.25) is 19.7 Å². The van der Waals surface area contributed by atoms with Crippen molar-refractivity contribution in [2.24, 2.45) is 5.10 Å². The number of nitrogens with zero attached hydrogens (tertiary/aromatic N) is 5. The Bertz CT molecular complexity index is 1630. The lowest BCUT2D eigenvalue weighted by molar-refractivity contribution is -0.385. The first-order valence-corrected chi connectivity index (χ1v) is 12.8. The maximum absolute atomic E-state index is 13.3. The minimum atomic E-state index is -0.601. The zero-order valence-electron chi connectivity index (χ0n) is 20.5. The monoisotopic (exact) mass is 591 g/mol. The Morgan fingerprint density at radius 1 is 1.13 bits per heavy atom. The van der Waals surface area contributed by atoms with Crippen LogP contribution in [0.1, 0.15) is 5.56 Å². The van der Waals surface area contributed by atoms with E-state index in [4.69, 9.17) is 9.47 Å². The van der Waals surface area contributed by atoms with Crippen molar-refractivity contribution in [1.82, 2.24) is 14.6 Å². The number of hydrogen-bond acceptors (Lipinski definition) is 8. The molecule has 0 saturated carbocycles. The normalized spacial score (nSPS) is 13.6. The highest BCUT2D eigenvalue weighted by Crippen LogP contribution is 2.36. The number of rotatable bonds is 7. The largest absolute Gasteiger partial charge is 0.476 e. The molecular weight excluding hydrogens is 570 g/mol. The van der Waals surface area contributed by atoms with Gasteiger partial charge in [0.15, 0.2) is 12.4 Å². The van der Waals surface area contributed by atoms with Crippen molar-refractivity contribution in [3.63, 3.8) is 0 Å². The zero-order chi connectivity index (χ0) is 27.4. The van der Waals surface area contributed by atoms with Crippen LogP contribution in [0.2, 0.25) is 0 Å². The molecule has 39 heavy (non-hydrogen) atoms. The van der Waals surface area contributed by atoms with Crippen LogP contribution in [-0.4, -0.2) is 64.5 Å². The van der Waals surface area contributed by atoms with E-state index in [1.165, 1.54) is 17.0 Å².